The summed E-state index contributed by atoms with van der Waals surface area (Å²) in [5.41, 5.74) is 7.08. The highest BCUT2D eigenvalue weighted by molar-refractivity contribution is 6.33. The van der Waals surface area contributed by atoms with Crippen molar-refractivity contribution >= 4 is 34.4 Å². The van der Waals surface area contributed by atoms with Gasteiger partial charge in [-0.15, -0.1) is 5.11 Å². The summed E-state index contributed by atoms with van der Waals surface area (Å²) in [5.74, 6) is 0. The number of nitro groups is 1. The Hall–Kier alpha value is -2.47. The number of anilines is 1. The number of nitrogens with zero attached hydrogens (tertiary/aromatic N) is 3. The topological polar surface area (TPSA) is 93.9 Å². The third-order valence-corrected chi connectivity index (χ3v) is 2.61. The first-order valence-corrected chi connectivity index (χ1v) is 5.65. The highest BCUT2D eigenvalue weighted by Crippen LogP contribution is 2.28. The molecule has 0 heterocycles. The number of nitro benzene ring substituents is 1. The Labute approximate surface area is 113 Å². The lowest BCUT2D eigenvalue weighted by atomic mass is 10.3. The fraction of sp³-hybridized carbons (Fsp3) is 0. The van der Waals surface area contributed by atoms with E-state index in [0.29, 0.717) is 22.1 Å². The lowest BCUT2D eigenvalue weighted by Crippen LogP contribution is -1.85. The maximum Gasteiger partial charge on any atom is 0.269 e. The molecule has 0 spiro atoms. The first-order chi connectivity index (χ1) is 9.06. The molecule has 2 aromatic carbocycles. The molecule has 0 amide bonds. The smallest absolute Gasteiger partial charge is 0.269 e. The molecular formula is C12H9ClN4O2. The molecule has 0 aliphatic heterocycles. The van der Waals surface area contributed by atoms with E-state index in [4.69, 9.17) is 17.3 Å². The van der Waals surface area contributed by atoms with Crippen molar-refractivity contribution in [1.82, 2.24) is 0 Å². The van der Waals surface area contributed by atoms with E-state index in [1.807, 2.05) is 0 Å². The summed E-state index contributed by atoms with van der Waals surface area (Å²) in [6, 6.07) is 10.6. The second-order valence-electron chi connectivity index (χ2n) is 3.68. The van der Waals surface area contributed by atoms with Crippen LogP contribution in [0.15, 0.2) is 52.7 Å². The molecule has 0 aliphatic carbocycles. The Morgan fingerprint density at radius 1 is 1.11 bits per heavy atom. The molecule has 96 valence electrons. The predicted octanol–water partition coefficient (Wildman–Crippen LogP) is 4.25. The number of halogens is 1. The van der Waals surface area contributed by atoms with Crippen LogP contribution in [0.25, 0.3) is 0 Å². The summed E-state index contributed by atoms with van der Waals surface area (Å²) >= 11 is 5.94. The second kappa shape index (κ2) is 5.45. The maximum absolute atomic E-state index is 10.5. The van der Waals surface area contributed by atoms with Crippen LogP contribution in [0.3, 0.4) is 0 Å². The molecule has 0 bridgehead atoms. The second-order valence-corrected chi connectivity index (χ2v) is 4.09. The highest BCUT2D eigenvalue weighted by atomic mass is 35.5. The number of rotatable bonds is 3. The van der Waals surface area contributed by atoms with Gasteiger partial charge in [-0.05, 0) is 30.3 Å². The van der Waals surface area contributed by atoms with Gasteiger partial charge in [-0.25, -0.2) is 0 Å². The van der Waals surface area contributed by atoms with Gasteiger partial charge < -0.3 is 5.73 Å². The minimum Gasteiger partial charge on any atom is -0.399 e. The monoisotopic (exact) mass is 276 g/mol. The molecule has 19 heavy (non-hydrogen) atoms. The van der Waals surface area contributed by atoms with Gasteiger partial charge in [0, 0.05) is 17.8 Å². The fourth-order valence-electron chi connectivity index (χ4n) is 1.36. The molecule has 7 heteroatoms. The molecule has 0 atom stereocenters. The molecular weight excluding hydrogens is 268 g/mol. The van der Waals surface area contributed by atoms with Gasteiger partial charge in [0.05, 0.1) is 15.6 Å². The van der Waals surface area contributed by atoms with E-state index in [2.05, 4.69) is 10.2 Å². The Morgan fingerprint density at radius 2 is 1.79 bits per heavy atom. The van der Waals surface area contributed by atoms with Gasteiger partial charge in [0.1, 0.15) is 5.69 Å². The van der Waals surface area contributed by atoms with Crippen molar-refractivity contribution in [3.8, 4) is 0 Å². The first-order valence-electron chi connectivity index (χ1n) is 5.27. The number of hydrogen-bond donors (Lipinski definition) is 1. The number of non-ortho nitro benzene ring substituents is 1. The van der Waals surface area contributed by atoms with Crippen molar-refractivity contribution in [2.24, 2.45) is 10.2 Å². The van der Waals surface area contributed by atoms with Crippen LogP contribution in [-0.4, -0.2) is 4.92 Å². The Balaban J connectivity index is 2.20. The van der Waals surface area contributed by atoms with Crippen molar-refractivity contribution in [2.75, 3.05) is 5.73 Å². The zero-order valence-electron chi connectivity index (χ0n) is 9.65. The number of hydrogen-bond acceptors (Lipinski definition) is 5. The first kappa shape index (κ1) is 13.0. The minimum absolute atomic E-state index is 0.00414. The van der Waals surface area contributed by atoms with Crippen LogP contribution in [0.1, 0.15) is 0 Å². The highest BCUT2D eigenvalue weighted by Gasteiger charge is 2.03. The van der Waals surface area contributed by atoms with Crippen molar-refractivity contribution in [3.05, 3.63) is 57.6 Å². The molecule has 0 aliphatic rings. The average molecular weight is 277 g/mol. The van der Waals surface area contributed by atoms with Crippen LogP contribution in [0.2, 0.25) is 5.02 Å². The summed E-state index contributed by atoms with van der Waals surface area (Å²) in [4.78, 5) is 10.0. The van der Waals surface area contributed by atoms with E-state index in [1.54, 1.807) is 18.2 Å². The van der Waals surface area contributed by atoms with E-state index in [9.17, 15) is 10.1 Å². The van der Waals surface area contributed by atoms with E-state index in [0.717, 1.165) is 0 Å². The summed E-state index contributed by atoms with van der Waals surface area (Å²) in [7, 11) is 0. The van der Waals surface area contributed by atoms with Gasteiger partial charge in [-0.2, -0.15) is 5.11 Å². The molecule has 0 fully saturated rings. The van der Waals surface area contributed by atoms with Crippen LogP contribution in [0, 0.1) is 10.1 Å². The molecule has 2 N–H and O–H groups in total. The van der Waals surface area contributed by atoms with E-state index in [-0.39, 0.29) is 5.69 Å². The molecule has 0 saturated carbocycles. The largest absolute Gasteiger partial charge is 0.399 e. The van der Waals surface area contributed by atoms with Crippen LogP contribution >= 0.6 is 11.6 Å². The molecule has 6 nitrogen and oxygen atoms in total. The third-order valence-electron chi connectivity index (χ3n) is 2.31. The van der Waals surface area contributed by atoms with Crippen molar-refractivity contribution < 1.29 is 4.92 Å². The van der Waals surface area contributed by atoms with Crippen molar-refractivity contribution in [1.29, 1.82) is 0 Å². The number of nitrogens with two attached hydrogens (primary N) is 1. The van der Waals surface area contributed by atoms with Gasteiger partial charge >= 0.3 is 0 Å². The van der Waals surface area contributed by atoms with Crippen LogP contribution in [0.4, 0.5) is 22.7 Å². The molecule has 2 aromatic rings. The quantitative estimate of drug-likeness (QED) is 0.393. The molecule has 0 radical (unpaired) electrons. The molecule has 2 rings (SSSR count). The minimum atomic E-state index is -0.474. The van der Waals surface area contributed by atoms with Crippen molar-refractivity contribution in [3.63, 3.8) is 0 Å². The van der Waals surface area contributed by atoms with E-state index in [1.165, 1.54) is 24.3 Å². The molecule has 0 aromatic heterocycles. The number of nitrogen functional groups attached to an aromatic ring is 1. The fourth-order valence-corrected chi connectivity index (χ4v) is 1.58. The summed E-state index contributed by atoms with van der Waals surface area (Å²) in [6.45, 7) is 0. The Bertz CT molecular complexity index is 641. The zero-order valence-corrected chi connectivity index (χ0v) is 10.4. The summed E-state index contributed by atoms with van der Waals surface area (Å²) in [5, 5.41) is 18.8. The van der Waals surface area contributed by atoms with E-state index >= 15 is 0 Å². The van der Waals surface area contributed by atoms with Gasteiger partial charge in [0.25, 0.3) is 5.69 Å². The van der Waals surface area contributed by atoms with Gasteiger partial charge in [0.2, 0.25) is 0 Å². The van der Waals surface area contributed by atoms with Gasteiger partial charge in [0.15, 0.2) is 0 Å². The lowest BCUT2D eigenvalue weighted by Gasteiger charge is -1.98. The Kier molecular flexibility index (Phi) is 3.72. The van der Waals surface area contributed by atoms with Gasteiger partial charge in [-0.1, -0.05) is 11.6 Å². The standard InChI is InChI=1S/C12H9ClN4O2/c13-11-7-8(14)1-6-12(11)16-15-9-2-4-10(5-3-9)17(18)19/h1-7H,14H2. The van der Waals surface area contributed by atoms with E-state index < -0.39 is 4.92 Å². The maximum atomic E-state index is 10.5. The SMILES string of the molecule is Nc1ccc(N=Nc2ccc([N+](=O)[O-])cc2)c(Cl)c1. The molecule has 0 saturated heterocycles. The van der Waals surface area contributed by atoms with Crippen molar-refractivity contribution in [2.45, 2.75) is 0 Å². The predicted molar refractivity (Wildman–Crippen MR) is 73.1 cm³/mol. The van der Waals surface area contributed by atoms with Crippen LogP contribution in [0.5, 0.6) is 0 Å². The number of benzene rings is 2. The Morgan fingerprint density at radius 3 is 2.37 bits per heavy atom. The number of azo groups is 1. The average Bonchev–Trinajstić information content (AvgIpc) is 2.38. The normalized spacial score (nSPS) is 10.8. The zero-order chi connectivity index (χ0) is 13.8. The lowest BCUT2D eigenvalue weighted by molar-refractivity contribution is -0.384. The van der Waals surface area contributed by atoms with Crippen LogP contribution in [-0.2, 0) is 0 Å². The van der Waals surface area contributed by atoms with Gasteiger partial charge in [-0.3, -0.25) is 10.1 Å². The third kappa shape index (κ3) is 3.26. The van der Waals surface area contributed by atoms with Crippen LogP contribution < -0.4 is 5.73 Å². The summed E-state index contributed by atoms with van der Waals surface area (Å²) < 4.78 is 0. The summed E-state index contributed by atoms with van der Waals surface area (Å²) in [6.07, 6.45) is 0. The molecule has 0 unspecified atom stereocenters.